The van der Waals surface area contributed by atoms with Gasteiger partial charge in [-0.15, -0.1) is 0 Å². The largest absolute Gasteiger partial charge is 0.467 e. The van der Waals surface area contributed by atoms with Gasteiger partial charge in [0.25, 0.3) is 0 Å². The molecule has 0 amide bonds. The molecule has 4 aliphatic rings. The van der Waals surface area contributed by atoms with Crippen LogP contribution in [-0.4, -0.2) is 40.2 Å². The Labute approximate surface area is 219 Å². The zero-order valence-electron chi connectivity index (χ0n) is 21.8. The third kappa shape index (κ3) is 4.75. The van der Waals surface area contributed by atoms with Crippen LogP contribution in [0.2, 0.25) is 0 Å². The molecule has 0 saturated heterocycles. The highest BCUT2D eigenvalue weighted by Gasteiger charge is 2.52. The van der Waals surface area contributed by atoms with E-state index in [9.17, 15) is 4.79 Å². The predicted octanol–water partition coefficient (Wildman–Crippen LogP) is 6.76. The van der Waals surface area contributed by atoms with Crippen molar-refractivity contribution in [2.24, 2.45) is 17.8 Å². The summed E-state index contributed by atoms with van der Waals surface area (Å²) in [5.74, 6) is 3.21. The van der Waals surface area contributed by atoms with Crippen molar-refractivity contribution < 1.29 is 23.7 Å². The fraction of sp³-hybridized carbons (Fsp3) is 0.469. The Morgan fingerprint density at radius 1 is 0.811 bits per heavy atom. The van der Waals surface area contributed by atoms with Crippen LogP contribution < -0.4 is 4.74 Å². The second kappa shape index (κ2) is 10.1. The van der Waals surface area contributed by atoms with Gasteiger partial charge in [-0.25, -0.2) is 4.79 Å². The Hall–Kier alpha value is -2.89. The van der Waals surface area contributed by atoms with E-state index in [1.54, 1.807) is 7.11 Å². The number of hydrogen-bond acceptors (Lipinski definition) is 5. The van der Waals surface area contributed by atoms with Gasteiger partial charge in [0.2, 0.25) is 0 Å². The average molecular weight is 501 g/mol. The van der Waals surface area contributed by atoms with E-state index in [1.165, 1.54) is 62.3 Å². The van der Waals surface area contributed by atoms with Crippen LogP contribution in [0.3, 0.4) is 0 Å². The Balaban J connectivity index is 1.35. The highest BCUT2D eigenvalue weighted by molar-refractivity contribution is 5.96. The molecule has 0 heterocycles. The van der Waals surface area contributed by atoms with Gasteiger partial charge < -0.3 is 18.9 Å². The molecule has 4 bridgehead atoms. The van der Waals surface area contributed by atoms with Crippen LogP contribution in [0.1, 0.15) is 54.4 Å². The van der Waals surface area contributed by atoms with Crippen LogP contribution in [0.15, 0.2) is 54.6 Å². The first-order valence-corrected chi connectivity index (χ1v) is 13.5. The van der Waals surface area contributed by atoms with Crippen molar-refractivity contribution in [2.75, 3.05) is 34.2 Å². The first-order chi connectivity index (χ1) is 18.1. The van der Waals surface area contributed by atoms with Crippen LogP contribution in [0.5, 0.6) is 5.75 Å². The number of carbonyl (C=O) groups is 1. The molecule has 0 unspecified atom stereocenters. The van der Waals surface area contributed by atoms with Gasteiger partial charge in [-0.3, -0.25) is 0 Å². The van der Waals surface area contributed by atoms with Crippen molar-refractivity contribution in [3.63, 3.8) is 0 Å². The molecular weight excluding hydrogens is 464 g/mol. The Morgan fingerprint density at radius 3 is 2.16 bits per heavy atom. The van der Waals surface area contributed by atoms with Gasteiger partial charge in [-0.05, 0) is 114 Å². The van der Waals surface area contributed by atoms with Gasteiger partial charge in [0.15, 0.2) is 6.79 Å². The molecule has 0 N–H and O–H groups in total. The zero-order chi connectivity index (χ0) is 25.4. The Kier molecular flexibility index (Phi) is 6.68. The van der Waals surface area contributed by atoms with E-state index in [2.05, 4.69) is 36.4 Å². The molecule has 4 fully saturated rings. The first kappa shape index (κ1) is 24.4. The number of benzene rings is 3. The molecule has 0 aromatic heterocycles. The van der Waals surface area contributed by atoms with Crippen LogP contribution in [-0.2, 0) is 19.6 Å². The fourth-order valence-corrected chi connectivity index (χ4v) is 7.67. The summed E-state index contributed by atoms with van der Waals surface area (Å²) in [6.45, 7) is 1.32. The molecule has 4 saturated carbocycles. The third-order valence-corrected chi connectivity index (χ3v) is 8.91. The molecule has 194 valence electrons. The lowest BCUT2D eigenvalue weighted by Crippen LogP contribution is -2.48. The summed E-state index contributed by atoms with van der Waals surface area (Å²) < 4.78 is 21.9. The average Bonchev–Trinajstić information content (AvgIpc) is 2.91. The Bertz CT molecular complexity index is 1260. The van der Waals surface area contributed by atoms with Crippen molar-refractivity contribution in [3.8, 4) is 16.9 Å². The molecule has 0 atom stereocenters. The lowest BCUT2D eigenvalue weighted by atomic mass is 9.48. The summed E-state index contributed by atoms with van der Waals surface area (Å²) in [4.78, 5) is 12.0. The normalized spacial score (nSPS) is 25.9. The number of fused-ring (bicyclic) bond motifs is 1. The van der Waals surface area contributed by atoms with Crippen molar-refractivity contribution in [1.29, 1.82) is 0 Å². The van der Waals surface area contributed by atoms with Gasteiger partial charge in [-0.2, -0.15) is 0 Å². The van der Waals surface area contributed by atoms with Crippen LogP contribution in [0, 0.1) is 17.8 Å². The second-order valence-electron chi connectivity index (χ2n) is 11.3. The van der Waals surface area contributed by atoms with Crippen molar-refractivity contribution >= 4 is 16.7 Å². The molecule has 0 radical (unpaired) electrons. The summed E-state index contributed by atoms with van der Waals surface area (Å²) in [5.41, 5.74) is 4.52. The van der Waals surface area contributed by atoms with Crippen molar-refractivity contribution in [1.82, 2.24) is 0 Å². The van der Waals surface area contributed by atoms with E-state index in [0.29, 0.717) is 18.8 Å². The van der Waals surface area contributed by atoms with Gasteiger partial charge in [0, 0.05) is 12.7 Å². The molecule has 0 spiro atoms. The van der Waals surface area contributed by atoms with Gasteiger partial charge in [0.1, 0.15) is 5.75 Å². The zero-order valence-corrected chi connectivity index (χ0v) is 21.8. The first-order valence-electron chi connectivity index (χ1n) is 13.5. The maximum Gasteiger partial charge on any atom is 0.337 e. The minimum absolute atomic E-state index is 0.207. The summed E-state index contributed by atoms with van der Waals surface area (Å²) in [6.07, 6.45) is 8.06. The smallest absolute Gasteiger partial charge is 0.337 e. The minimum atomic E-state index is -0.312. The molecular formula is C32H36O5. The summed E-state index contributed by atoms with van der Waals surface area (Å²) in [7, 11) is 3.09. The van der Waals surface area contributed by atoms with Gasteiger partial charge in [-0.1, -0.05) is 24.3 Å². The number of ether oxygens (including phenoxy) is 4. The number of hydrogen-bond donors (Lipinski definition) is 0. The van der Waals surface area contributed by atoms with Gasteiger partial charge >= 0.3 is 5.97 Å². The highest BCUT2D eigenvalue weighted by atomic mass is 16.7. The lowest BCUT2D eigenvalue weighted by molar-refractivity contribution is -0.0189. The van der Waals surface area contributed by atoms with E-state index in [4.69, 9.17) is 18.9 Å². The number of esters is 1. The predicted molar refractivity (Wildman–Crippen MR) is 144 cm³/mol. The van der Waals surface area contributed by atoms with E-state index in [-0.39, 0.29) is 18.2 Å². The summed E-state index contributed by atoms with van der Waals surface area (Å²) in [6, 6.07) is 18.9. The van der Waals surface area contributed by atoms with E-state index in [0.717, 1.165) is 34.3 Å². The Morgan fingerprint density at radius 2 is 1.46 bits per heavy atom. The molecule has 3 aromatic rings. The van der Waals surface area contributed by atoms with Crippen molar-refractivity contribution in [2.45, 2.75) is 43.9 Å². The van der Waals surface area contributed by atoms with E-state index >= 15 is 0 Å². The quantitative estimate of drug-likeness (QED) is 0.185. The van der Waals surface area contributed by atoms with E-state index < -0.39 is 0 Å². The molecule has 37 heavy (non-hydrogen) atoms. The number of methoxy groups -OCH3 is 2. The fourth-order valence-electron chi connectivity index (χ4n) is 7.67. The SMILES string of the molecule is COCCOCOc1ccc(-c2ccc3cc(C(=O)OC)ccc3c2)cc1C12CC3CC(CC(C3)C1)C2. The van der Waals surface area contributed by atoms with Crippen molar-refractivity contribution in [3.05, 3.63) is 65.7 Å². The number of rotatable bonds is 9. The second-order valence-corrected chi connectivity index (χ2v) is 11.3. The standard InChI is InChI=1S/C32H36O5/c1-34-9-10-36-20-37-30-8-7-27(16-29(30)32-17-21-11-22(18-32)13-23(12-21)19-32)25-3-4-26-15-28(31(33)35-2)6-5-24(26)14-25/h3-8,14-16,21-23H,9-13,17-20H2,1-2H3. The van der Waals surface area contributed by atoms with E-state index in [1.807, 2.05) is 18.2 Å². The monoisotopic (exact) mass is 500 g/mol. The highest BCUT2D eigenvalue weighted by Crippen LogP contribution is 2.62. The molecule has 7 rings (SSSR count). The summed E-state index contributed by atoms with van der Waals surface area (Å²) in [5, 5.41) is 2.13. The lowest BCUT2D eigenvalue weighted by Gasteiger charge is -2.57. The molecule has 5 nitrogen and oxygen atoms in total. The summed E-state index contributed by atoms with van der Waals surface area (Å²) >= 11 is 0. The topological polar surface area (TPSA) is 54.0 Å². The molecule has 0 aliphatic heterocycles. The van der Waals surface area contributed by atoms with Crippen LogP contribution in [0.4, 0.5) is 0 Å². The molecule has 5 heteroatoms. The van der Waals surface area contributed by atoms with Crippen LogP contribution in [0.25, 0.3) is 21.9 Å². The molecule has 4 aliphatic carbocycles. The van der Waals surface area contributed by atoms with Gasteiger partial charge in [0.05, 0.1) is 25.9 Å². The third-order valence-electron chi connectivity index (χ3n) is 8.91. The van der Waals surface area contributed by atoms with Crippen LogP contribution >= 0.6 is 0 Å². The number of carbonyl (C=O) groups excluding carboxylic acids is 1. The minimum Gasteiger partial charge on any atom is -0.467 e. The molecule has 3 aromatic carbocycles. The maximum atomic E-state index is 12.0. The maximum absolute atomic E-state index is 12.0.